The van der Waals surface area contributed by atoms with Crippen LogP contribution in [0.4, 0.5) is 5.69 Å². The maximum atomic E-state index is 5.68. The smallest absolute Gasteiger partial charge is 0.173 e. The van der Waals surface area contributed by atoms with Crippen LogP contribution in [0.25, 0.3) is 0 Å². The van der Waals surface area contributed by atoms with Gasteiger partial charge in [-0.05, 0) is 48.7 Å². The molecule has 2 aromatic rings. The molecule has 2 nitrogen and oxygen atoms in total. The highest BCUT2D eigenvalue weighted by molar-refractivity contribution is 7.80. The fraction of sp³-hybridized carbons (Fsp3) is 0.350. The van der Waals surface area contributed by atoms with Gasteiger partial charge in [0.1, 0.15) is 0 Å². The lowest BCUT2D eigenvalue weighted by atomic mass is 9.99. The van der Waals surface area contributed by atoms with Crippen molar-refractivity contribution in [3.8, 4) is 0 Å². The van der Waals surface area contributed by atoms with E-state index >= 15 is 0 Å². The average Bonchev–Trinajstić information content (AvgIpc) is 3.07. The number of aryl methyl sites for hydroxylation is 2. The Labute approximate surface area is 144 Å². The molecule has 120 valence electrons. The summed E-state index contributed by atoms with van der Waals surface area (Å²) in [7, 11) is 0. The van der Waals surface area contributed by atoms with Crippen LogP contribution in [-0.2, 0) is 6.42 Å². The van der Waals surface area contributed by atoms with Crippen molar-refractivity contribution in [2.24, 2.45) is 0 Å². The second-order valence-electron chi connectivity index (χ2n) is 6.24. The first-order chi connectivity index (χ1) is 11.2. The number of anilines is 1. The van der Waals surface area contributed by atoms with E-state index in [0.29, 0.717) is 5.92 Å². The van der Waals surface area contributed by atoms with Crippen LogP contribution in [-0.4, -0.2) is 23.1 Å². The van der Waals surface area contributed by atoms with E-state index in [1.807, 2.05) is 0 Å². The van der Waals surface area contributed by atoms with Gasteiger partial charge in [-0.2, -0.15) is 0 Å². The van der Waals surface area contributed by atoms with Crippen LogP contribution in [0.5, 0.6) is 0 Å². The Balaban J connectivity index is 1.69. The summed E-state index contributed by atoms with van der Waals surface area (Å²) in [5.41, 5.74) is 5.18. The molecule has 23 heavy (non-hydrogen) atoms. The first kappa shape index (κ1) is 16.0. The SMILES string of the molecule is CCc1cccc(C)c1NC(=S)N1CCC(c2ccccc2)C1. The molecule has 0 radical (unpaired) electrons. The highest BCUT2D eigenvalue weighted by Gasteiger charge is 2.25. The lowest BCUT2D eigenvalue weighted by Gasteiger charge is -2.23. The molecule has 1 unspecified atom stereocenters. The molecule has 1 saturated heterocycles. The predicted molar refractivity (Wildman–Crippen MR) is 102 cm³/mol. The summed E-state index contributed by atoms with van der Waals surface area (Å²) in [5.74, 6) is 0.582. The maximum Gasteiger partial charge on any atom is 0.173 e. The fourth-order valence-electron chi connectivity index (χ4n) is 3.33. The van der Waals surface area contributed by atoms with Crippen LogP contribution in [0.1, 0.15) is 36.0 Å². The monoisotopic (exact) mass is 324 g/mol. The lowest BCUT2D eigenvalue weighted by molar-refractivity contribution is 0.518. The molecule has 1 heterocycles. The number of nitrogens with zero attached hydrogens (tertiary/aromatic N) is 1. The highest BCUT2D eigenvalue weighted by atomic mass is 32.1. The number of thiocarbonyl (C=S) groups is 1. The van der Waals surface area contributed by atoms with Gasteiger partial charge in [-0.25, -0.2) is 0 Å². The van der Waals surface area contributed by atoms with Crippen LogP contribution in [0, 0.1) is 6.92 Å². The summed E-state index contributed by atoms with van der Waals surface area (Å²) in [6, 6.07) is 17.2. The van der Waals surface area contributed by atoms with Gasteiger partial charge in [0.05, 0.1) is 0 Å². The normalized spacial score (nSPS) is 17.3. The fourth-order valence-corrected chi connectivity index (χ4v) is 3.60. The quantitative estimate of drug-likeness (QED) is 0.821. The van der Waals surface area contributed by atoms with E-state index in [2.05, 4.69) is 72.6 Å². The molecule has 3 rings (SSSR count). The molecular weight excluding hydrogens is 300 g/mol. The lowest BCUT2D eigenvalue weighted by Crippen LogP contribution is -2.33. The minimum Gasteiger partial charge on any atom is -0.348 e. The molecule has 2 aromatic carbocycles. The number of hydrogen-bond donors (Lipinski definition) is 1. The van der Waals surface area contributed by atoms with Gasteiger partial charge in [-0.1, -0.05) is 55.5 Å². The summed E-state index contributed by atoms with van der Waals surface area (Å²) in [4.78, 5) is 2.30. The summed E-state index contributed by atoms with van der Waals surface area (Å²) >= 11 is 5.68. The minimum atomic E-state index is 0.582. The standard InChI is InChI=1S/C20H24N2S/c1-3-16-11-7-8-15(2)19(16)21-20(23)22-13-12-18(14-22)17-9-5-4-6-10-17/h4-11,18H,3,12-14H2,1-2H3,(H,21,23). The number of nitrogens with one attached hydrogen (secondary N) is 1. The van der Waals surface area contributed by atoms with E-state index in [0.717, 1.165) is 24.6 Å². The Morgan fingerprint density at radius 2 is 1.96 bits per heavy atom. The first-order valence-electron chi connectivity index (χ1n) is 8.38. The molecular formula is C20H24N2S. The zero-order valence-corrected chi connectivity index (χ0v) is 14.7. The van der Waals surface area contributed by atoms with Crippen molar-refractivity contribution < 1.29 is 0 Å². The number of rotatable bonds is 3. The molecule has 3 heteroatoms. The summed E-state index contributed by atoms with van der Waals surface area (Å²) < 4.78 is 0. The van der Waals surface area contributed by atoms with Crippen molar-refractivity contribution in [1.82, 2.24) is 4.90 Å². The van der Waals surface area contributed by atoms with Crippen molar-refractivity contribution in [1.29, 1.82) is 0 Å². The molecule has 1 aliphatic heterocycles. The van der Waals surface area contributed by atoms with Gasteiger partial charge in [0.25, 0.3) is 0 Å². The Kier molecular flexibility index (Phi) is 4.97. The van der Waals surface area contributed by atoms with E-state index in [9.17, 15) is 0 Å². The Morgan fingerprint density at radius 1 is 1.17 bits per heavy atom. The van der Waals surface area contributed by atoms with E-state index in [4.69, 9.17) is 12.2 Å². The number of likely N-dealkylation sites (tertiary alicyclic amines) is 1. The molecule has 0 amide bonds. The van der Waals surface area contributed by atoms with E-state index in [-0.39, 0.29) is 0 Å². The molecule has 1 aliphatic rings. The van der Waals surface area contributed by atoms with Crippen molar-refractivity contribution in [3.63, 3.8) is 0 Å². The third-order valence-corrected chi connectivity index (χ3v) is 5.08. The van der Waals surface area contributed by atoms with E-state index in [1.165, 1.54) is 28.8 Å². The summed E-state index contributed by atoms with van der Waals surface area (Å²) in [5, 5.41) is 4.36. The Hall–Kier alpha value is -1.87. The predicted octanol–water partition coefficient (Wildman–Crippen LogP) is 4.74. The molecule has 0 bridgehead atoms. The topological polar surface area (TPSA) is 15.3 Å². The third-order valence-electron chi connectivity index (χ3n) is 4.72. The van der Waals surface area contributed by atoms with Gasteiger partial charge < -0.3 is 10.2 Å². The Bertz CT molecular complexity index is 681. The number of para-hydroxylation sites is 1. The molecule has 0 aliphatic carbocycles. The molecule has 1 atom stereocenters. The van der Waals surface area contributed by atoms with Gasteiger partial charge in [-0.15, -0.1) is 0 Å². The number of hydrogen-bond acceptors (Lipinski definition) is 1. The van der Waals surface area contributed by atoms with E-state index in [1.54, 1.807) is 0 Å². The second-order valence-corrected chi connectivity index (χ2v) is 6.62. The zero-order valence-electron chi connectivity index (χ0n) is 13.9. The summed E-state index contributed by atoms with van der Waals surface area (Å²) in [6.07, 6.45) is 2.18. The van der Waals surface area contributed by atoms with Crippen LogP contribution in [0.15, 0.2) is 48.5 Å². The average molecular weight is 324 g/mol. The molecule has 1 N–H and O–H groups in total. The van der Waals surface area contributed by atoms with Crippen molar-refractivity contribution in [2.75, 3.05) is 18.4 Å². The van der Waals surface area contributed by atoms with Gasteiger partial charge in [-0.3, -0.25) is 0 Å². The van der Waals surface area contributed by atoms with Crippen molar-refractivity contribution in [3.05, 3.63) is 65.2 Å². The van der Waals surface area contributed by atoms with Crippen LogP contribution < -0.4 is 5.32 Å². The van der Waals surface area contributed by atoms with Gasteiger partial charge in [0, 0.05) is 24.7 Å². The van der Waals surface area contributed by atoms with Gasteiger partial charge >= 0.3 is 0 Å². The van der Waals surface area contributed by atoms with Crippen LogP contribution in [0.3, 0.4) is 0 Å². The van der Waals surface area contributed by atoms with Gasteiger partial charge in [0.2, 0.25) is 0 Å². The molecule has 1 fully saturated rings. The molecule has 0 spiro atoms. The Morgan fingerprint density at radius 3 is 2.70 bits per heavy atom. The first-order valence-corrected chi connectivity index (χ1v) is 8.79. The minimum absolute atomic E-state index is 0.582. The van der Waals surface area contributed by atoms with Crippen LogP contribution >= 0.6 is 12.2 Å². The molecule has 0 aromatic heterocycles. The third kappa shape index (κ3) is 3.56. The van der Waals surface area contributed by atoms with Crippen molar-refractivity contribution >= 4 is 23.0 Å². The van der Waals surface area contributed by atoms with Crippen molar-refractivity contribution in [2.45, 2.75) is 32.6 Å². The second kappa shape index (κ2) is 7.14. The summed E-state index contributed by atoms with van der Waals surface area (Å²) in [6.45, 7) is 6.35. The maximum absolute atomic E-state index is 5.68. The number of benzene rings is 2. The van der Waals surface area contributed by atoms with Crippen LogP contribution in [0.2, 0.25) is 0 Å². The van der Waals surface area contributed by atoms with E-state index < -0.39 is 0 Å². The molecule has 0 saturated carbocycles. The highest BCUT2D eigenvalue weighted by Crippen LogP contribution is 2.28. The zero-order chi connectivity index (χ0) is 16.2. The van der Waals surface area contributed by atoms with Gasteiger partial charge in [0.15, 0.2) is 5.11 Å². The largest absolute Gasteiger partial charge is 0.348 e.